The minimum Gasteiger partial charge on any atom is -0.336 e. The lowest BCUT2D eigenvalue weighted by Crippen LogP contribution is -2.50. The van der Waals surface area contributed by atoms with Crippen molar-refractivity contribution < 1.29 is 4.79 Å². The number of aromatic nitrogens is 3. The number of aromatic amines is 1. The van der Waals surface area contributed by atoms with Gasteiger partial charge in [0.15, 0.2) is 0 Å². The predicted octanol–water partition coefficient (Wildman–Crippen LogP) is 1.45. The Morgan fingerprint density at radius 2 is 1.75 bits per heavy atom. The zero-order valence-electron chi connectivity index (χ0n) is 17.7. The van der Waals surface area contributed by atoms with Gasteiger partial charge in [-0.15, -0.1) is 0 Å². The molecule has 1 aromatic carbocycles. The molecule has 1 aliphatic heterocycles. The van der Waals surface area contributed by atoms with Gasteiger partial charge in [0, 0.05) is 45.1 Å². The zero-order valence-corrected chi connectivity index (χ0v) is 17.7. The summed E-state index contributed by atoms with van der Waals surface area (Å²) in [5, 5.41) is 0. The predicted molar refractivity (Wildman–Crippen MR) is 122 cm³/mol. The second kappa shape index (κ2) is 10.0. The van der Waals surface area contributed by atoms with Gasteiger partial charge in [-0.1, -0.05) is 48.6 Å². The number of nitrogens with one attached hydrogen (secondary N) is 1. The molecular formula is C24H25N5O3. The van der Waals surface area contributed by atoms with Gasteiger partial charge < -0.3 is 9.88 Å². The summed E-state index contributed by atoms with van der Waals surface area (Å²) in [5.74, 6) is -0.361. The third-order valence-corrected chi connectivity index (χ3v) is 5.47. The second-order valence-corrected chi connectivity index (χ2v) is 7.63. The van der Waals surface area contributed by atoms with Crippen molar-refractivity contribution in [2.24, 2.45) is 0 Å². The van der Waals surface area contributed by atoms with Gasteiger partial charge in [-0.3, -0.25) is 24.0 Å². The largest absolute Gasteiger partial charge is 0.336 e. The molecule has 0 spiro atoms. The number of hydrogen-bond donors (Lipinski definition) is 1. The van der Waals surface area contributed by atoms with E-state index in [9.17, 15) is 14.4 Å². The first-order valence-corrected chi connectivity index (χ1v) is 10.6. The summed E-state index contributed by atoms with van der Waals surface area (Å²) in [6.45, 7) is 3.30. The standard InChI is InChI=1S/C24H25N5O3/c30-22(21-17-26-24(32)29(23(21)31)18-20-10-4-5-11-25-20)28-15-13-27(14-16-28)12-6-9-19-7-2-1-3-8-19/h1-11,17H,12-16,18H2,(H,26,32)/b9-6+. The number of benzene rings is 1. The van der Waals surface area contributed by atoms with Crippen molar-refractivity contribution in [1.29, 1.82) is 0 Å². The summed E-state index contributed by atoms with van der Waals surface area (Å²) >= 11 is 0. The number of nitrogens with zero attached hydrogens (tertiary/aromatic N) is 4. The normalized spacial score (nSPS) is 14.7. The Balaban J connectivity index is 1.39. The Morgan fingerprint density at radius 3 is 2.47 bits per heavy atom. The lowest BCUT2D eigenvalue weighted by Gasteiger charge is -2.34. The number of carbonyl (C=O) groups excluding carboxylic acids is 1. The van der Waals surface area contributed by atoms with Crippen molar-refractivity contribution in [3.05, 3.63) is 105 Å². The molecule has 32 heavy (non-hydrogen) atoms. The van der Waals surface area contributed by atoms with Crippen molar-refractivity contribution in [1.82, 2.24) is 24.3 Å². The van der Waals surface area contributed by atoms with Crippen molar-refractivity contribution >= 4 is 12.0 Å². The molecule has 3 aromatic rings. The maximum Gasteiger partial charge on any atom is 0.328 e. The first kappa shape index (κ1) is 21.5. The monoisotopic (exact) mass is 431 g/mol. The molecule has 2 aromatic heterocycles. The molecule has 3 heterocycles. The highest BCUT2D eigenvalue weighted by molar-refractivity contribution is 5.93. The van der Waals surface area contributed by atoms with Gasteiger partial charge in [0.05, 0.1) is 12.2 Å². The van der Waals surface area contributed by atoms with E-state index in [0.717, 1.165) is 29.8 Å². The molecule has 0 bridgehead atoms. The van der Waals surface area contributed by atoms with Crippen molar-refractivity contribution in [3.8, 4) is 0 Å². The van der Waals surface area contributed by atoms with E-state index >= 15 is 0 Å². The van der Waals surface area contributed by atoms with E-state index in [1.54, 1.807) is 29.3 Å². The maximum atomic E-state index is 13.0. The highest BCUT2D eigenvalue weighted by atomic mass is 16.2. The first-order chi connectivity index (χ1) is 15.6. The Kier molecular flexibility index (Phi) is 6.72. The lowest BCUT2D eigenvalue weighted by atomic mass is 10.2. The quantitative estimate of drug-likeness (QED) is 0.638. The molecule has 0 atom stereocenters. The fourth-order valence-electron chi connectivity index (χ4n) is 3.67. The van der Waals surface area contributed by atoms with Crippen LogP contribution in [0.3, 0.4) is 0 Å². The summed E-state index contributed by atoms with van der Waals surface area (Å²) in [6, 6.07) is 15.4. The molecule has 1 saturated heterocycles. The molecule has 0 unspecified atom stereocenters. The molecule has 164 valence electrons. The van der Waals surface area contributed by atoms with Crippen LogP contribution in [-0.2, 0) is 6.54 Å². The Hall–Kier alpha value is -3.78. The van der Waals surface area contributed by atoms with Gasteiger partial charge in [-0.05, 0) is 17.7 Å². The third kappa shape index (κ3) is 5.09. The SMILES string of the molecule is O=C(c1c[nH]c(=O)n(Cc2ccccn2)c1=O)N1CCN(C/C=C/c2ccccc2)CC1. The summed E-state index contributed by atoms with van der Waals surface area (Å²) in [4.78, 5) is 48.6. The summed E-state index contributed by atoms with van der Waals surface area (Å²) in [7, 11) is 0. The molecule has 1 amide bonds. The van der Waals surface area contributed by atoms with Crippen molar-refractivity contribution in [2.45, 2.75) is 6.54 Å². The number of carbonyl (C=O) groups is 1. The fourth-order valence-corrected chi connectivity index (χ4v) is 3.67. The lowest BCUT2D eigenvalue weighted by molar-refractivity contribution is 0.0647. The van der Waals surface area contributed by atoms with Crippen LogP contribution in [0, 0.1) is 0 Å². The van der Waals surface area contributed by atoms with Crippen molar-refractivity contribution in [3.63, 3.8) is 0 Å². The average Bonchev–Trinajstić information content (AvgIpc) is 2.83. The minimum atomic E-state index is -0.599. The topological polar surface area (TPSA) is 91.3 Å². The van der Waals surface area contributed by atoms with Crippen molar-refractivity contribution in [2.75, 3.05) is 32.7 Å². The van der Waals surface area contributed by atoms with Gasteiger partial charge in [0.2, 0.25) is 0 Å². The third-order valence-electron chi connectivity index (χ3n) is 5.47. The molecule has 4 rings (SSSR count). The van der Waals surface area contributed by atoms with Crippen LogP contribution in [0.1, 0.15) is 21.6 Å². The van der Waals surface area contributed by atoms with E-state index in [4.69, 9.17) is 0 Å². The molecule has 8 nitrogen and oxygen atoms in total. The number of piperazine rings is 1. The van der Waals surface area contributed by atoms with Gasteiger partial charge >= 0.3 is 5.69 Å². The van der Waals surface area contributed by atoms with Crippen LogP contribution >= 0.6 is 0 Å². The maximum absolute atomic E-state index is 13.0. The van der Waals surface area contributed by atoms with Crippen LogP contribution < -0.4 is 11.2 Å². The first-order valence-electron chi connectivity index (χ1n) is 10.6. The molecule has 1 fully saturated rings. The van der Waals surface area contributed by atoms with Crippen LogP contribution in [-0.4, -0.2) is 63.0 Å². The van der Waals surface area contributed by atoms with Gasteiger partial charge in [-0.2, -0.15) is 0 Å². The fraction of sp³-hybridized carbons (Fsp3) is 0.250. The highest BCUT2D eigenvalue weighted by Gasteiger charge is 2.24. The zero-order chi connectivity index (χ0) is 22.3. The minimum absolute atomic E-state index is 0.0116. The summed E-state index contributed by atoms with van der Waals surface area (Å²) in [5.41, 5.74) is 0.533. The van der Waals surface area contributed by atoms with E-state index in [1.165, 1.54) is 6.20 Å². The van der Waals surface area contributed by atoms with Crippen LogP contribution in [0.2, 0.25) is 0 Å². The molecule has 1 aliphatic rings. The van der Waals surface area contributed by atoms with E-state index in [0.29, 0.717) is 18.8 Å². The van der Waals surface area contributed by atoms with Crippen LogP contribution in [0.15, 0.2) is 76.6 Å². The van der Waals surface area contributed by atoms with Gasteiger partial charge in [0.25, 0.3) is 11.5 Å². The Morgan fingerprint density at radius 1 is 1.00 bits per heavy atom. The molecular weight excluding hydrogens is 406 g/mol. The van der Waals surface area contributed by atoms with E-state index in [2.05, 4.69) is 39.2 Å². The Labute approximate surface area is 185 Å². The van der Waals surface area contributed by atoms with Crippen LogP contribution in [0.25, 0.3) is 6.08 Å². The summed E-state index contributed by atoms with van der Waals surface area (Å²) < 4.78 is 1.01. The number of pyridine rings is 1. The molecule has 0 aliphatic carbocycles. The molecule has 8 heteroatoms. The number of rotatable bonds is 6. The van der Waals surface area contributed by atoms with E-state index in [-0.39, 0.29) is 18.0 Å². The molecule has 1 N–H and O–H groups in total. The van der Waals surface area contributed by atoms with Gasteiger partial charge in [0.1, 0.15) is 5.56 Å². The van der Waals surface area contributed by atoms with Crippen LogP contribution in [0.4, 0.5) is 0 Å². The number of amides is 1. The van der Waals surface area contributed by atoms with E-state index < -0.39 is 11.2 Å². The molecule has 0 radical (unpaired) electrons. The van der Waals surface area contributed by atoms with E-state index in [1.807, 2.05) is 18.2 Å². The smallest absolute Gasteiger partial charge is 0.328 e. The molecule has 0 saturated carbocycles. The summed E-state index contributed by atoms with van der Waals surface area (Å²) in [6.07, 6.45) is 7.02. The number of H-pyrrole nitrogens is 1. The van der Waals surface area contributed by atoms with Gasteiger partial charge in [-0.25, -0.2) is 4.79 Å². The number of hydrogen-bond acceptors (Lipinski definition) is 5. The Bertz CT molecular complexity index is 1190. The van der Waals surface area contributed by atoms with Crippen LogP contribution in [0.5, 0.6) is 0 Å². The average molecular weight is 431 g/mol. The second-order valence-electron chi connectivity index (χ2n) is 7.63. The highest BCUT2D eigenvalue weighted by Crippen LogP contribution is 2.07.